The van der Waals surface area contributed by atoms with Crippen molar-refractivity contribution in [1.29, 1.82) is 0 Å². The number of hydrogen-bond donors (Lipinski definition) is 3. The molecular formula is C6H10O6. The summed E-state index contributed by atoms with van der Waals surface area (Å²) in [7, 11) is 0. The van der Waals surface area contributed by atoms with Crippen molar-refractivity contribution in [3.05, 3.63) is 0 Å². The minimum atomic E-state index is -2.14. The lowest BCUT2D eigenvalue weighted by Crippen LogP contribution is -2.40. The Morgan fingerprint density at radius 3 is 2.17 bits per heavy atom. The highest BCUT2D eigenvalue weighted by atomic mass is 16.5. The van der Waals surface area contributed by atoms with Crippen LogP contribution in [-0.4, -0.2) is 46.1 Å². The molecule has 3 N–H and O–H groups in total. The van der Waals surface area contributed by atoms with E-state index in [9.17, 15) is 9.59 Å². The van der Waals surface area contributed by atoms with E-state index >= 15 is 0 Å². The molecule has 0 spiro atoms. The number of carbonyl (C=O) groups is 2. The first-order valence-electron chi connectivity index (χ1n) is 3.26. The number of esters is 1. The maximum Gasteiger partial charge on any atom is 0.338 e. The van der Waals surface area contributed by atoms with Crippen molar-refractivity contribution in [3.8, 4) is 0 Å². The van der Waals surface area contributed by atoms with Gasteiger partial charge in [-0.25, -0.2) is 9.59 Å². The fourth-order valence-electron chi connectivity index (χ4n) is 0.492. The highest BCUT2D eigenvalue weighted by Gasteiger charge is 2.30. The number of carbonyl (C=O) groups excluding carboxylic acids is 1. The van der Waals surface area contributed by atoms with Crippen molar-refractivity contribution in [1.82, 2.24) is 0 Å². The van der Waals surface area contributed by atoms with Gasteiger partial charge < -0.3 is 20.1 Å². The van der Waals surface area contributed by atoms with Crippen LogP contribution >= 0.6 is 0 Å². The molecule has 0 bridgehead atoms. The van der Waals surface area contributed by atoms with Crippen molar-refractivity contribution in [2.24, 2.45) is 0 Å². The smallest absolute Gasteiger partial charge is 0.338 e. The molecular weight excluding hydrogens is 168 g/mol. The number of carboxylic acids is 1. The molecule has 0 saturated carbocycles. The van der Waals surface area contributed by atoms with Gasteiger partial charge in [0.1, 0.15) is 0 Å². The Bertz CT molecular complexity index is 177. The highest BCUT2D eigenvalue weighted by Crippen LogP contribution is 1.96. The van der Waals surface area contributed by atoms with Crippen LogP contribution in [0.25, 0.3) is 0 Å². The molecule has 0 aliphatic rings. The molecule has 0 fully saturated rings. The molecule has 2 atom stereocenters. The van der Waals surface area contributed by atoms with E-state index in [0.717, 1.165) is 0 Å². The predicted molar refractivity (Wildman–Crippen MR) is 36.3 cm³/mol. The Labute approximate surface area is 68.4 Å². The summed E-state index contributed by atoms with van der Waals surface area (Å²) >= 11 is 0. The third-order valence-electron chi connectivity index (χ3n) is 1.08. The molecule has 0 aromatic carbocycles. The molecule has 12 heavy (non-hydrogen) atoms. The van der Waals surface area contributed by atoms with Gasteiger partial charge in [-0.2, -0.15) is 0 Å². The molecule has 6 nitrogen and oxygen atoms in total. The summed E-state index contributed by atoms with van der Waals surface area (Å²) in [6, 6.07) is 0. The summed E-state index contributed by atoms with van der Waals surface area (Å²) in [6.45, 7) is 1.51. The average molecular weight is 178 g/mol. The van der Waals surface area contributed by atoms with E-state index in [4.69, 9.17) is 15.3 Å². The van der Waals surface area contributed by atoms with Crippen LogP contribution in [0.4, 0.5) is 0 Å². The molecule has 0 amide bonds. The van der Waals surface area contributed by atoms with Crippen molar-refractivity contribution >= 4 is 11.9 Å². The quantitative estimate of drug-likeness (QED) is 0.446. The third kappa shape index (κ3) is 2.85. The van der Waals surface area contributed by atoms with Crippen LogP contribution in [0.3, 0.4) is 0 Å². The van der Waals surface area contributed by atoms with E-state index in [1.165, 1.54) is 6.92 Å². The molecule has 0 rings (SSSR count). The highest BCUT2D eigenvalue weighted by molar-refractivity contribution is 5.84. The van der Waals surface area contributed by atoms with Crippen LogP contribution in [-0.2, 0) is 14.3 Å². The zero-order valence-corrected chi connectivity index (χ0v) is 6.43. The van der Waals surface area contributed by atoms with Gasteiger partial charge in [0.15, 0.2) is 12.2 Å². The second-order valence-corrected chi connectivity index (χ2v) is 1.98. The second kappa shape index (κ2) is 4.68. The molecule has 0 unspecified atom stereocenters. The van der Waals surface area contributed by atoms with Gasteiger partial charge in [-0.15, -0.1) is 0 Å². The Hall–Kier alpha value is -1.14. The topological polar surface area (TPSA) is 104 Å². The number of carboxylic acid groups (broad SMARTS) is 1. The van der Waals surface area contributed by atoms with Crippen LogP contribution in [0.2, 0.25) is 0 Å². The van der Waals surface area contributed by atoms with Gasteiger partial charge >= 0.3 is 11.9 Å². The maximum atomic E-state index is 10.6. The molecule has 0 aliphatic heterocycles. The van der Waals surface area contributed by atoms with Crippen LogP contribution in [0.5, 0.6) is 0 Å². The van der Waals surface area contributed by atoms with E-state index in [-0.39, 0.29) is 6.61 Å². The van der Waals surface area contributed by atoms with Gasteiger partial charge in [-0.3, -0.25) is 0 Å². The van der Waals surface area contributed by atoms with Crippen molar-refractivity contribution in [2.45, 2.75) is 19.1 Å². The van der Waals surface area contributed by atoms with E-state index in [0.29, 0.717) is 0 Å². The van der Waals surface area contributed by atoms with E-state index in [2.05, 4.69) is 4.74 Å². The summed E-state index contributed by atoms with van der Waals surface area (Å²) in [4.78, 5) is 20.6. The number of aliphatic carboxylic acids is 1. The number of hydrogen-bond acceptors (Lipinski definition) is 5. The molecule has 0 saturated heterocycles. The first kappa shape index (κ1) is 10.9. The largest absolute Gasteiger partial charge is 0.479 e. The molecule has 0 aromatic heterocycles. The standard InChI is InChI=1S/C6H10O6/c1-2-12-6(11)4(8)3(7)5(9)10/h3-4,7-8H,2H2,1H3,(H,9,10)/t3-,4+/m0/s1. The molecule has 0 aliphatic carbocycles. The number of ether oxygens (including phenoxy) is 1. The van der Waals surface area contributed by atoms with Crippen LogP contribution < -0.4 is 0 Å². The van der Waals surface area contributed by atoms with Gasteiger partial charge in [0.2, 0.25) is 0 Å². The average Bonchev–Trinajstić information content (AvgIpc) is 2.02. The van der Waals surface area contributed by atoms with Gasteiger partial charge in [-0.05, 0) is 6.92 Å². The summed E-state index contributed by atoms with van der Waals surface area (Å²) in [6.07, 6.45) is -4.16. The van der Waals surface area contributed by atoms with E-state index in [1.54, 1.807) is 0 Å². The van der Waals surface area contributed by atoms with Gasteiger partial charge in [-0.1, -0.05) is 0 Å². The van der Waals surface area contributed by atoms with Crippen molar-refractivity contribution < 1.29 is 29.6 Å². The zero-order valence-electron chi connectivity index (χ0n) is 6.43. The van der Waals surface area contributed by atoms with Crippen LogP contribution in [0.15, 0.2) is 0 Å². The molecule has 6 heteroatoms. The Kier molecular flexibility index (Phi) is 4.24. The molecule has 70 valence electrons. The Morgan fingerprint density at radius 2 is 1.83 bits per heavy atom. The Morgan fingerprint density at radius 1 is 1.33 bits per heavy atom. The van der Waals surface area contributed by atoms with Crippen LogP contribution in [0, 0.1) is 0 Å². The number of rotatable bonds is 4. The van der Waals surface area contributed by atoms with Gasteiger partial charge in [0, 0.05) is 0 Å². The van der Waals surface area contributed by atoms with Crippen molar-refractivity contribution in [2.75, 3.05) is 6.61 Å². The minimum absolute atomic E-state index is 0.0161. The fraction of sp³-hybridized carbons (Fsp3) is 0.667. The van der Waals surface area contributed by atoms with E-state index in [1.807, 2.05) is 0 Å². The fourth-order valence-corrected chi connectivity index (χ4v) is 0.492. The van der Waals surface area contributed by atoms with E-state index < -0.39 is 24.1 Å². The van der Waals surface area contributed by atoms with Gasteiger partial charge in [0.25, 0.3) is 0 Å². The molecule has 0 radical (unpaired) electrons. The lowest BCUT2D eigenvalue weighted by molar-refractivity contribution is -0.169. The first-order valence-corrected chi connectivity index (χ1v) is 3.26. The lowest BCUT2D eigenvalue weighted by Gasteiger charge is -2.11. The normalized spacial score (nSPS) is 14.9. The summed E-state index contributed by atoms with van der Waals surface area (Å²) in [5.41, 5.74) is 0. The second-order valence-electron chi connectivity index (χ2n) is 1.98. The van der Waals surface area contributed by atoms with Gasteiger partial charge in [0.05, 0.1) is 6.61 Å². The summed E-state index contributed by atoms with van der Waals surface area (Å²) in [5.74, 6) is -2.82. The SMILES string of the molecule is CCOC(=O)[C@H](O)[C@H](O)C(=O)O. The maximum absolute atomic E-state index is 10.6. The monoisotopic (exact) mass is 178 g/mol. The number of aliphatic hydroxyl groups excluding tert-OH is 2. The summed E-state index contributed by atoms with van der Waals surface area (Å²) in [5, 5.41) is 25.6. The Balaban J connectivity index is 4.09. The lowest BCUT2D eigenvalue weighted by atomic mass is 10.2. The predicted octanol–water partition coefficient (Wildman–Crippen LogP) is -1.64. The first-order chi connectivity index (χ1) is 5.50. The molecule has 0 heterocycles. The third-order valence-corrected chi connectivity index (χ3v) is 1.08. The van der Waals surface area contributed by atoms with Crippen LogP contribution in [0.1, 0.15) is 6.92 Å². The molecule has 0 aromatic rings. The zero-order chi connectivity index (χ0) is 9.72. The van der Waals surface area contributed by atoms with Crippen molar-refractivity contribution in [3.63, 3.8) is 0 Å². The minimum Gasteiger partial charge on any atom is -0.479 e. The number of aliphatic hydroxyl groups is 2. The summed E-state index contributed by atoms with van der Waals surface area (Å²) < 4.78 is 4.26.